The summed E-state index contributed by atoms with van der Waals surface area (Å²) < 4.78 is 10.9. The standard InChI is InChI=1S/C16H32N2O2/c1-13(2)15-9-17-16(7-5-6-8-16)12-18(15)10-14(20-4)11-19-3/h13-15,17H,5-12H2,1-4H3. The zero-order valence-electron chi connectivity index (χ0n) is 13.7. The average Bonchev–Trinajstić information content (AvgIpc) is 2.86. The largest absolute Gasteiger partial charge is 0.382 e. The van der Waals surface area contributed by atoms with Gasteiger partial charge in [-0.2, -0.15) is 0 Å². The minimum absolute atomic E-state index is 0.179. The summed E-state index contributed by atoms with van der Waals surface area (Å²) in [6.45, 7) is 8.59. The molecule has 20 heavy (non-hydrogen) atoms. The number of piperazine rings is 1. The third kappa shape index (κ3) is 3.73. The summed E-state index contributed by atoms with van der Waals surface area (Å²) in [6.07, 6.45) is 5.59. The Balaban J connectivity index is 2.02. The van der Waals surface area contributed by atoms with Crippen molar-refractivity contribution < 1.29 is 9.47 Å². The fourth-order valence-corrected chi connectivity index (χ4v) is 3.90. The predicted octanol–water partition coefficient (Wildman–Crippen LogP) is 1.89. The zero-order chi connectivity index (χ0) is 14.6. The first-order valence-electron chi connectivity index (χ1n) is 8.11. The van der Waals surface area contributed by atoms with Gasteiger partial charge < -0.3 is 14.8 Å². The fourth-order valence-electron chi connectivity index (χ4n) is 3.90. The van der Waals surface area contributed by atoms with E-state index >= 15 is 0 Å². The van der Waals surface area contributed by atoms with Crippen LogP contribution in [0.5, 0.6) is 0 Å². The number of hydrogen-bond donors (Lipinski definition) is 1. The first kappa shape index (κ1) is 16.2. The van der Waals surface area contributed by atoms with Crippen LogP contribution in [0.3, 0.4) is 0 Å². The summed E-state index contributed by atoms with van der Waals surface area (Å²) in [5.41, 5.74) is 0.372. The summed E-state index contributed by atoms with van der Waals surface area (Å²) in [6, 6.07) is 0.607. The topological polar surface area (TPSA) is 33.7 Å². The normalized spacial score (nSPS) is 28.4. The van der Waals surface area contributed by atoms with Crippen molar-refractivity contribution in [1.29, 1.82) is 0 Å². The van der Waals surface area contributed by atoms with Crippen molar-refractivity contribution in [1.82, 2.24) is 10.2 Å². The van der Waals surface area contributed by atoms with Gasteiger partial charge in [-0.3, -0.25) is 4.90 Å². The summed E-state index contributed by atoms with van der Waals surface area (Å²) in [7, 11) is 3.55. The van der Waals surface area contributed by atoms with E-state index in [0.29, 0.717) is 24.1 Å². The molecule has 2 rings (SSSR count). The van der Waals surface area contributed by atoms with Crippen LogP contribution in [0.15, 0.2) is 0 Å². The highest BCUT2D eigenvalue weighted by Gasteiger charge is 2.42. The van der Waals surface area contributed by atoms with E-state index in [-0.39, 0.29) is 6.10 Å². The molecule has 4 heteroatoms. The van der Waals surface area contributed by atoms with E-state index in [1.54, 1.807) is 14.2 Å². The Morgan fingerprint density at radius 2 is 1.95 bits per heavy atom. The van der Waals surface area contributed by atoms with E-state index < -0.39 is 0 Å². The van der Waals surface area contributed by atoms with Gasteiger partial charge in [0, 0.05) is 45.4 Å². The third-order valence-corrected chi connectivity index (χ3v) is 5.12. The Labute approximate surface area is 124 Å². The second-order valence-electron chi connectivity index (χ2n) is 6.92. The lowest BCUT2D eigenvalue weighted by molar-refractivity contribution is -0.0273. The molecule has 1 heterocycles. The molecule has 0 aromatic rings. The molecule has 1 aliphatic carbocycles. The minimum Gasteiger partial charge on any atom is -0.382 e. The summed E-state index contributed by atoms with van der Waals surface area (Å²) in [4.78, 5) is 2.65. The van der Waals surface area contributed by atoms with Gasteiger partial charge in [-0.05, 0) is 18.8 Å². The van der Waals surface area contributed by atoms with Crippen LogP contribution in [0.4, 0.5) is 0 Å². The number of nitrogens with one attached hydrogen (secondary N) is 1. The van der Waals surface area contributed by atoms with Crippen molar-refractivity contribution in [2.24, 2.45) is 5.92 Å². The van der Waals surface area contributed by atoms with E-state index in [2.05, 4.69) is 24.1 Å². The maximum absolute atomic E-state index is 5.59. The number of methoxy groups -OCH3 is 2. The molecule has 0 aromatic heterocycles. The van der Waals surface area contributed by atoms with Gasteiger partial charge in [-0.1, -0.05) is 26.7 Å². The highest BCUT2D eigenvalue weighted by atomic mass is 16.5. The quantitative estimate of drug-likeness (QED) is 0.807. The molecule has 2 unspecified atom stereocenters. The van der Waals surface area contributed by atoms with Gasteiger partial charge in [-0.25, -0.2) is 0 Å². The van der Waals surface area contributed by atoms with Crippen LogP contribution in [0.2, 0.25) is 0 Å². The van der Waals surface area contributed by atoms with E-state index in [0.717, 1.165) is 13.1 Å². The molecule has 0 aromatic carbocycles. The Kier molecular flexibility index (Phi) is 5.84. The van der Waals surface area contributed by atoms with Crippen LogP contribution in [-0.2, 0) is 9.47 Å². The lowest BCUT2D eigenvalue weighted by atomic mass is 9.89. The average molecular weight is 284 g/mol. The highest BCUT2D eigenvalue weighted by Crippen LogP contribution is 2.34. The number of hydrogen-bond acceptors (Lipinski definition) is 4. The van der Waals surface area contributed by atoms with Crippen molar-refractivity contribution in [2.75, 3.05) is 40.5 Å². The van der Waals surface area contributed by atoms with Crippen LogP contribution in [-0.4, -0.2) is 63.0 Å². The molecule has 118 valence electrons. The first-order valence-corrected chi connectivity index (χ1v) is 8.11. The monoisotopic (exact) mass is 284 g/mol. The summed E-state index contributed by atoms with van der Waals surface area (Å²) in [5, 5.41) is 3.87. The lowest BCUT2D eigenvalue weighted by Gasteiger charge is -2.48. The zero-order valence-corrected chi connectivity index (χ0v) is 13.7. The maximum atomic E-state index is 5.59. The van der Waals surface area contributed by atoms with Crippen molar-refractivity contribution in [3.8, 4) is 0 Å². The number of rotatable bonds is 6. The molecule has 4 nitrogen and oxygen atoms in total. The molecule has 1 N–H and O–H groups in total. The van der Waals surface area contributed by atoms with Gasteiger partial charge in [0.25, 0.3) is 0 Å². The van der Waals surface area contributed by atoms with Gasteiger partial charge in [0.15, 0.2) is 0 Å². The third-order valence-electron chi connectivity index (χ3n) is 5.12. The molecule has 0 radical (unpaired) electrons. The Morgan fingerprint density at radius 1 is 1.25 bits per heavy atom. The molecule has 1 saturated heterocycles. The smallest absolute Gasteiger partial charge is 0.0931 e. The minimum atomic E-state index is 0.179. The van der Waals surface area contributed by atoms with E-state index in [1.807, 2.05) is 0 Å². The van der Waals surface area contributed by atoms with Crippen molar-refractivity contribution >= 4 is 0 Å². The van der Waals surface area contributed by atoms with Crippen LogP contribution < -0.4 is 5.32 Å². The van der Waals surface area contributed by atoms with E-state index in [9.17, 15) is 0 Å². The Hall–Kier alpha value is -0.160. The maximum Gasteiger partial charge on any atom is 0.0931 e. The molecule has 2 aliphatic rings. The van der Waals surface area contributed by atoms with Gasteiger partial charge in [0.1, 0.15) is 0 Å². The predicted molar refractivity (Wildman–Crippen MR) is 82.1 cm³/mol. The van der Waals surface area contributed by atoms with Gasteiger partial charge in [0.05, 0.1) is 12.7 Å². The van der Waals surface area contributed by atoms with Crippen LogP contribution >= 0.6 is 0 Å². The van der Waals surface area contributed by atoms with Crippen molar-refractivity contribution in [3.63, 3.8) is 0 Å². The lowest BCUT2D eigenvalue weighted by Crippen LogP contribution is -2.65. The van der Waals surface area contributed by atoms with Crippen molar-refractivity contribution in [2.45, 2.75) is 57.2 Å². The second-order valence-corrected chi connectivity index (χ2v) is 6.92. The second kappa shape index (κ2) is 7.21. The van der Waals surface area contributed by atoms with Gasteiger partial charge in [0.2, 0.25) is 0 Å². The number of ether oxygens (including phenoxy) is 2. The SMILES string of the molecule is COCC(CN1CC2(CCCC2)NCC1C(C)C)OC. The Bertz CT molecular complexity index is 290. The Morgan fingerprint density at radius 3 is 2.50 bits per heavy atom. The molecule has 0 amide bonds. The molecule has 1 saturated carbocycles. The molecule has 2 atom stereocenters. The van der Waals surface area contributed by atoms with Gasteiger partial charge >= 0.3 is 0 Å². The summed E-state index contributed by atoms with van der Waals surface area (Å²) >= 11 is 0. The molecular weight excluding hydrogens is 252 g/mol. The molecule has 2 fully saturated rings. The fraction of sp³-hybridized carbons (Fsp3) is 1.00. The van der Waals surface area contributed by atoms with Gasteiger partial charge in [-0.15, -0.1) is 0 Å². The molecular formula is C16H32N2O2. The molecule has 0 bridgehead atoms. The molecule has 1 aliphatic heterocycles. The number of nitrogens with zero attached hydrogens (tertiary/aromatic N) is 1. The highest BCUT2D eigenvalue weighted by molar-refractivity contribution is 5.01. The first-order chi connectivity index (χ1) is 9.60. The van der Waals surface area contributed by atoms with E-state index in [4.69, 9.17) is 9.47 Å². The van der Waals surface area contributed by atoms with Crippen LogP contribution in [0, 0.1) is 5.92 Å². The van der Waals surface area contributed by atoms with Crippen LogP contribution in [0.1, 0.15) is 39.5 Å². The van der Waals surface area contributed by atoms with Crippen LogP contribution in [0.25, 0.3) is 0 Å². The van der Waals surface area contributed by atoms with E-state index in [1.165, 1.54) is 32.2 Å². The summed E-state index contributed by atoms with van der Waals surface area (Å²) in [5.74, 6) is 0.668. The molecule has 1 spiro atoms. The van der Waals surface area contributed by atoms with Crippen molar-refractivity contribution in [3.05, 3.63) is 0 Å².